The number of hydroxylamine groups is 1. The van der Waals surface area contributed by atoms with Gasteiger partial charge in [0.25, 0.3) is 0 Å². The van der Waals surface area contributed by atoms with E-state index in [0.717, 1.165) is 25.7 Å². The van der Waals surface area contributed by atoms with Gasteiger partial charge in [0, 0.05) is 37.4 Å². The van der Waals surface area contributed by atoms with E-state index in [0.29, 0.717) is 24.6 Å². The van der Waals surface area contributed by atoms with Gasteiger partial charge >= 0.3 is 0 Å². The maximum absolute atomic E-state index is 13.1. The van der Waals surface area contributed by atoms with Gasteiger partial charge in [0.1, 0.15) is 11.9 Å². The highest BCUT2D eigenvalue weighted by molar-refractivity contribution is 5.95. The van der Waals surface area contributed by atoms with E-state index in [-0.39, 0.29) is 24.5 Å². The zero-order chi connectivity index (χ0) is 19.9. The summed E-state index contributed by atoms with van der Waals surface area (Å²) in [5, 5.41) is 14.2. The molecule has 9 heteroatoms. The second kappa shape index (κ2) is 9.50. The molecule has 9 nitrogen and oxygen atoms in total. The standard InChI is InChI=1S/C19H25N5O4/c25-16(12-17-20-7-3-8-21-17)15-6-9-22-24(15)19(27)14(11-18(26)23-28)10-13-4-1-2-5-13/h3,7-9,13-15,28H,1-2,4-6,10-12H2,(H,23,26)/t14-,15+/m1/s1. The van der Waals surface area contributed by atoms with Crippen LogP contribution in [-0.2, 0) is 20.8 Å². The van der Waals surface area contributed by atoms with E-state index in [1.165, 1.54) is 5.01 Å². The second-order valence-electron chi connectivity index (χ2n) is 7.36. The molecule has 1 saturated carbocycles. The Balaban J connectivity index is 1.69. The highest BCUT2D eigenvalue weighted by Crippen LogP contribution is 2.33. The van der Waals surface area contributed by atoms with Gasteiger partial charge < -0.3 is 0 Å². The van der Waals surface area contributed by atoms with Gasteiger partial charge in [0.05, 0.1) is 6.42 Å². The quantitative estimate of drug-likeness (QED) is 0.511. The van der Waals surface area contributed by atoms with Crippen molar-refractivity contribution in [2.75, 3.05) is 0 Å². The number of amides is 2. The molecule has 2 N–H and O–H groups in total. The number of hydrogen-bond acceptors (Lipinski definition) is 7. The Morgan fingerprint density at radius 3 is 2.61 bits per heavy atom. The molecule has 2 amide bonds. The lowest BCUT2D eigenvalue weighted by molar-refractivity contribution is -0.145. The zero-order valence-electron chi connectivity index (χ0n) is 15.7. The molecule has 1 aliphatic carbocycles. The minimum atomic E-state index is -0.709. The van der Waals surface area contributed by atoms with Crippen LogP contribution >= 0.6 is 0 Å². The molecule has 2 heterocycles. The number of aromatic nitrogens is 2. The summed E-state index contributed by atoms with van der Waals surface area (Å²) in [7, 11) is 0. The molecule has 28 heavy (non-hydrogen) atoms. The highest BCUT2D eigenvalue weighted by Gasteiger charge is 2.38. The molecule has 1 fully saturated rings. The van der Waals surface area contributed by atoms with Crippen molar-refractivity contribution in [2.24, 2.45) is 16.9 Å². The number of ketones is 1. The van der Waals surface area contributed by atoms with Crippen molar-refractivity contribution in [1.82, 2.24) is 20.5 Å². The van der Waals surface area contributed by atoms with Gasteiger partial charge in [-0.25, -0.2) is 20.5 Å². The fourth-order valence-corrected chi connectivity index (χ4v) is 3.96. The molecule has 0 unspecified atom stereocenters. The van der Waals surface area contributed by atoms with Gasteiger partial charge in [-0.05, 0) is 18.4 Å². The van der Waals surface area contributed by atoms with Crippen LogP contribution in [0.3, 0.4) is 0 Å². The van der Waals surface area contributed by atoms with Crippen LogP contribution in [0.4, 0.5) is 0 Å². The first-order valence-corrected chi connectivity index (χ1v) is 9.65. The lowest BCUT2D eigenvalue weighted by Crippen LogP contribution is -2.43. The normalized spacial score (nSPS) is 20.3. The summed E-state index contributed by atoms with van der Waals surface area (Å²) in [6.07, 6.45) is 9.76. The number of carbonyl (C=O) groups excluding carboxylic acids is 3. The third kappa shape index (κ3) is 4.98. The molecule has 3 rings (SSSR count). The molecular formula is C19H25N5O4. The van der Waals surface area contributed by atoms with Crippen molar-refractivity contribution in [3.8, 4) is 0 Å². The van der Waals surface area contributed by atoms with Gasteiger partial charge in [-0.15, -0.1) is 0 Å². The van der Waals surface area contributed by atoms with Crippen molar-refractivity contribution in [3.63, 3.8) is 0 Å². The number of Topliss-reactive ketones (excluding diaryl/α,β-unsaturated/α-hetero) is 1. The van der Waals surface area contributed by atoms with Gasteiger partial charge in [-0.1, -0.05) is 25.7 Å². The Hall–Kier alpha value is -2.68. The van der Waals surface area contributed by atoms with Crippen LogP contribution in [0.1, 0.15) is 50.8 Å². The number of hydrogen-bond donors (Lipinski definition) is 2. The molecular weight excluding hydrogens is 362 g/mol. The Bertz CT molecular complexity index is 733. The summed E-state index contributed by atoms with van der Waals surface area (Å²) in [4.78, 5) is 45.7. The molecule has 0 saturated heterocycles. The molecule has 0 spiro atoms. The van der Waals surface area contributed by atoms with Crippen molar-refractivity contribution in [1.29, 1.82) is 0 Å². The van der Waals surface area contributed by atoms with Gasteiger partial charge in [0.2, 0.25) is 11.8 Å². The maximum atomic E-state index is 13.1. The Kier molecular flexibility index (Phi) is 6.80. The van der Waals surface area contributed by atoms with Crippen molar-refractivity contribution in [2.45, 2.75) is 57.4 Å². The van der Waals surface area contributed by atoms with Gasteiger partial charge in [-0.2, -0.15) is 5.10 Å². The number of nitrogens with one attached hydrogen (secondary N) is 1. The first kappa shape index (κ1) is 20.1. The van der Waals surface area contributed by atoms with Crippen LogP contribution < -0.4 is 5.48 Å². The third-order valence-electron chi connectivity index (χ3n) is 5.38. The third-order valence-corrected chi connectivity index (χ3v) is 5.38. The van der Waals surface area contributed by atoms with Crippen molar-refractivity contribution < 1.29 is 19.6 Å². The molecule has 0 radical (unpaired) electrons. The first-order valence-electron chi connectivity index (χ1n) is 9.65. The second-order valence-corrected chi connectivity index (χ2v) is 7.36. The average molecular weight is 387 g/mol. The summed E-state index contributed by atoms with van der Waals surface area (Å²) in [6, 6.07) is 0.960. The Labute approximate surface area is 163 Å². The average Bonchev–Trinajstić information content (AvgIpc) is 3.39. The minimum Gasteiger partial charge on any atom is -0.297 e. The van der Waals surface area contributed by atoms with Crippen molar-refractivity contribution >= 4 is 23.8 Å². The lowest BCUT2D eigenvalue weighted by atomic mass is 9.89. The Morgan fingerprint density at radius 1 is 1.21 bits per heavy atom. The topological polar surface area (TPSA) is 125 Å². The number of nitrogens with zero attached hydrogens (tertiary/aromatic N) is 4. The van der Waals surface area contributed by atoms with Crippen LogP contribution in [0.5, 0.6) is 0 Å². The van der Waals surface area contributed by atoms with Crippen LogP contribution in [-0.4, -0.2) is 50.0 Å². The van der Waals surface area contributed by atoms with E-state index in [1.807, 2.05) is 0 Å². The van der Waals surface area contributed by atoms with Gasteiger partial charge in [-0.3, -0.25) is 19.6 Å². The zero-order valence-corrected chi connectivity index (χ0v) is 15.7. The largest absolute Gasteiger partial charge is 0.297 e. The summed E-state index contributed by atoms with van der Waals surface area (Å²) in [5.74, 6) is -0.999. The van der Waals surface area contributed by atoms with Crippen LogP contribution in [0.15, 0.2) is 23.6 Å². The fraction of sp³-hybridized carbons (Fsp3) is 0.579. The monoisotopic (exact) mass is 387 g/mol. The van der Waals surface area contributed by atoms with Crippen molar-refractivity contribution in [3.05, 3.63) is 24.3 Å². The van der Waals surface area contributed by atoms with Crippen LogP contribution in [0.25, 0.3) is 0 Å². The highest BCUT2D eigenvalue weighted by atomic mass is 16.5. The predicted molar refractivity (Wildman–Crippen MR) is 99.1 cm³/mol. The molecule has 2 atom stereocenters. The van der Waals surface area contributed by atoms with Crippen LogP contribution in [0.2, 0.25) is 0 Å². The van der Waals surface area contributed by atoms with Crippen LogP contribution in [0, 0.1) is 11.8 Å². The summed E-state index contributed by atoms with van der Waals surface area (Å²) < 4.78 is 0. The number of hydrazone groups is 1. The van der Waals surface area contributed by atoms with E-state index < -0.39 is 17.9 Å². The van der Waals surface area contributed by atoms with E-state index in [9.17, 15) is 14.4 Å². The minimum absolute atomic E-state index is 0.0169. The van der Waals surface area contributed by atoms with Gasteiger partial charge in [0.15, 0.2) is 5.78 Å². The molecule has 2 aliphatic rings. The van der Waals surface area contributed by atoms with E-state index in [4.69, 9.17) is 5.21 Å². The smallest absolute Gasteiger partial charge is 0.246 e. The maximum Gasteiger partial charge on any atom is 0.246 e. The molecule has 150 valence electrons. The van der Waals surface area contributed by atoms with E-state index in [2.05, 4.69) is 15.1 Å². The van der Waals surface area contributed by atoms with E-state index >= 15 is 0 Å². The lowest BCUT2D eigenvalue weighted by Gasteiger charge is -2.26. The Morgan fingerprint density at radius 2 is 1.93 bits per heavy atom. The predicted octanol–water partition coefficient (Wildman–Crippen LogP) is 1.27. The molecule has 1 aromatic heterocycles. The number of rotatable bonds is 8. The fourth-order valence-electron chi connectivity index (χ4n) is 3.96. The molecule has 0 bridgehead atoms. The first-order chi connectivity index (χ1) is 13.6. The number of carbonyl (C=O) groups is 3. The summed E-state index contributed by atoms with van der Waals surface area (Å²) >= 11 is 0. The molecule has 1 aromatic rings. The summed E-state index contributed by atoms with van der Waals surface area (Å²) in [5.41, 5.74) is 1.60. The summed E-state index contributed by atoms with van der Waals surface area (Å²) in [6.45, 7) is 0. The SMILES string of the molecule is O=C(C[C@@H](CC1CCCC1)C(=O)N1N=CC[C@H]1C(=O)Cc1ncccn1)NO. The molecule has 0 aromatic carbocycles. The van der Waals surface area contributed by atoms with E-state index in [1.54, 1.807) is 30.2 Å². The molecule has 1 aliphatic heterocycles.